The first-order valence-corrected chi connectivity index (χ1v) is 4.04. The lowest BCUT2D eigenvalue weighted by Gasteiger charge is -1.99. The van der Waals surface area contributed by atoms with Gasteiger partial charge in [0.25, 0.3) is 0 Å². The molecule has 1 unspecified atom stereocenters. The van der Waals surface area contributed by atoms with E-state index in [1.807, 2.05) is 0 Å². The maximum Gasteiger partial charge on any atom is 0.225 e. The van der Waals surface area contributed by atoms with Gasteiger partial charge in [0.1, 0.15) is 0 Å². The van der Waals surface area contributed by atoms with Gasteiger partial charge < -0.3 is 0 Å². The third-order valence-corrected chi connectivity index (χ3v) is 2.14. The Balaban J connectivity index is 4.38. The van der Waals surface area contributed by atoms with Crippen molar-refractivity contribution < 1.29 is 8.42 Å². The Morgan fingerprint density at radius 3 is 2.22 bits per heavy atom. The number of hydrogen-bond donors (Lipinski definition) is 1. The van der Waals surface area contributed by atoms with Crippen LogP contribution >= 0.6 is 0 Å². The normalized spacial score (nSPS) is 14.3. The van der Waals surface area contributed by atoms with E-state index in [1.165, 1.54) is 0 Å². The van der Waals surface area contributed by atoms with Crippen LogP contribution in [0.1, 0.15) is 13.3 Å². The van der Waals surface area contributed by atoms with E-state index in [4.69, 9.17) is 5.26 Å². The molecule has 0 aliphatic carbocycles. The molecule has 0 fully saturated rings. The smallest absolute Gasteiger partial charge is 0.225 e. The molecule has 0 saturated carbocycles. The maximum atomic E-state index is 10.3. The van der Waals surface area contributed by atoms with E-state index in [9.17, 15) is 8.42 Å². The van der Waals surface area contributed by atoms with Gasteiger partial charge in [0, 0.05) is 0 Å². The Morgan fingerprint density at radius 1 is 1.78 bits per heavy atom. The predicted molar refractivity (Wildman–Crippen MR) is 32.8 cm³/mol. The Kier molecular flexibility index (Phi) is 2.62. The van der Waals surface area contributed by atoms with Gasteiger partial charge in [-0.05, 0) is 6.42 Å². The Hall–Kier alpha value is -0.600. The molecule has 5 heteroatoms. The lowest BCUT2D eigenvalue weighted by molar-refractivity contribution is 0.589. The highest BCUT2D eigenvalue weighted by molar-refractivity contribution is 7.90. The molecule has 0 heterocycles. The fraction of sp³-hybridized carbons (Fsp3) is 0.750. The van der Waals surface area contributed by atoms with Crippen LogP contribution in [0.15, 0.2) is 0 Å². The van der Waals surface area contributed by atoms with Gasteiger partial charge in [0.2, 0.25) is 10.0 Å². The zero-order valence-corrected chi connectivity index (χ0v) is 5.85. The van der Waals surface area contributed by atoms with Gasteiger partial charge in [-0.15, -0.1) is 0 Å². The summed E-state index contributed by atoms with van der Waals surface area (Å²) in [5, 5.41) is 11.8. The van der Waals surface area contributed by atoms with E-state index in [2.05, 4.69) is 5.14 Å². The standard InChI is InChI=1S/C4H8N2O2S/c1-2-4(3-5)9(6,7)8/h4H,2H2,1H3,(H2,6,7,8). The average molecular weight is 148 g/mol. The van der Waals surface area contributed by atoms with Gasteiger partial charge in [-0.3, -0.25) is 0 Å². The quantitative estimate of drug-likeness (QED) is 0.577. The zero-order valence-electron chi connectivity index (χ0n) is 5.03. The van der Waals surface area contributed by atoms with Crippen molar-refractivity contribution in [2.45, 2.75) is 18.6 Å². The van der Waals surface area contributed by atoms with Crippen molar-refractivity contribution in [2.75, 3.05) is 0 Å². The molecule has 1 atom stereocenters. The molecule has 2 N–H and O–H groups in total. The molecule has 0 aromatic heterocycles. The topological polar surface area (TPSA) is 83.9 Å². The summed E-state index contributed by atoms with van der Waals surface area (Å²) in [4.78, 5) is 0. The van der Waals surface area contributed by atoms with Crippen LogP contribution in [0.5, 0.6) is 0 Å². The van der Waals surface area contributed by atoms with Gasteiger partial charge >= 0.3 is 0 Å². The lowest BCUT2D eigenvalue weighted by Crippen LogP contribution is -2.26. The number of sulfonamides is 1. The molecular weight excluding hydrogens is 140 g/mol. The Bertz CT molecular complexity index is 213. The Morgan fingerprint density at radius 2 is 2.22 bits per heavy atom. The molecule has 4 nitrogen and oxygen atoms in total. The zero-order chi connectivity index (χ0) is 7.49. The van der Waals surface area contributed by atoms with Crippen LogP contribution in [0, 0.1) is 11.3 Å². The highest BCUT2D eigenvalue weighted by atomic mass is 32.2. The second-order valence-electron chi connectivity index (χ2n) is 1.62. The number of nitrogens with two attached hydrogens (primary N) is 1. The molecule has 0 saturated heterocycles. The van der Waals surface area contributed by atoms with Crippen LogP contribution in [0.4, 0.5) is 0 Å². The summed E-state index contributed by atoms with van der Waals surface area (Å²) in [5.41, 5.74) is 0. The van der Waals surface area contributed by atoms with E-state index in [1.54, 1.807) is 13.0 Å². The third-order valence-electron chi connectivity index (χ3n) is 0.911. The highest BCUT2D eigenvalue weighted by Crippen LogP contribution is 1.97. The van der Waals surface area contributed by atoms with Gasteiger partial charge in [-0.1, -0.05) is 6.92 Å². The van der Waals surface area contributed by atoms with E-state index >= 15 is 0 Å². The summed E-state index contributed by atoms with van der Waals surface area (Å²) in [6.07, 6.45) is 0.245. The minimum Gasteiger partial charge on any atom is -0.228 e. The molecule has 0 rings (SSSR count). The van der Waals surface area contributed by atoms with Crippen LogP contribution < -0.4 is 5.14 Å². The van der Waals surface area contributed by atoms with Crippen molar-refractivity contribution in [3.63, 3.8) is 0 Å². The van der Waals surface area contributed by atoms with Crippen molar-refractivity contribution in [3.8, 4) is 6.07 Å². The molecule has 0 aliphatic rings. The SMILES string of the molecule is CCC(C#N)S(N)(=O)=O. The fourth-order valence-corrected chi connectivity index (χ4v) is 1.01. The van der Waals surface area contributed by atoms with E-state index < -0.39 is 15.3 Å². The second-order valence-corrected chi connectivity index (χ2v) is 3.36. The molecule has 0 spiro atoms. The molecule has 9 heavy (non-hydrogen) atoms. The fourth-order valence-electron chi connectivity index (χ4n) is 0.397. The number of hydrogen-bond acceptors (Lipinski definition) is 3. The van der Waals surface area contributed by atoms with Crippen LogP contribution in [0.3, 0.4) is 0 Å². The van der Waals surface area contributed by atoms with Crippen molar-refractivity contribution in [1.29, 1.82) is 5.26 Å². The number of rotatable bonds is 2. The summed E-state index contributed by atoms with van der Waals surface area (Å²) in [7, 11) is -3.63. The number of primary sulfonamides is 1. The first kappa shape index (κ1) is 8.40. The van der Waals surface area contributed by atoms with E-state index in [-0.39, 0.29) is 6.42 Å². The van der Waals surface area contributed by atoms with Gasteiger partial charge in [0.05, 0.1) is 6.07 Å². The van der Waals surface area contributed by atoms with Crippen molar-refractivity contribution in [2.24, 2.45) is 5.14 Å². The van der Waals surface area contributed by atoms with Crippen molar-refractivity contribution in [3.05, 3.63) is 0 Å². The van der Waals surface area contributed by atoms with Gasteiger partial charge in [-0.25, -0.2) is 13.6 Å². The molecule has 0 aromatic carbocycles. The minimum atomic E-state index is -3.63. The van der Waals surface area contributed by atoms with E-state index in [0.717, 1.165) is 0 Å². The summed E-state index contributed by atoms with van der Waals surface area (Å²) in [6, 6.07) is 1.58. The largest absolute Gasteiger partial charge is 0.228 e. The highest BCUT2D eigenvalue weighted by Gasteiger charge is 2.17. The minimum absolute atomic E-state index is 0.245. The molecular formula is C4H8N2O2S. The summed E-state index contributed by atoms with van der Waals surface area (Å²) in [5.74, 6) is 0. The number of nitriles is 1. The summed E-state index contributed by atoms with van der Waals surface area (Å²) < 4.78 is 20.7. The van der Waals surface area contributed by atoms with Gasteiger partial charge in [-0.2, -0.15) is 5.26 Å². The van der Waals surface area contributed by atoms with Crippen LogP contribution in [0.2, 0.25) is 0 Å². The monoisotopic (exact) mass is 148 g/mol. The van der Waals surface area contributed by atoms with Crippen molar-refractivity contribution >= 4 is 10.0 Å². The lowest BCUT2D eigenvalue weighted by atomic mass is 10.4. The van der Waals surface area contributed by atoms with Crippen LogP contribution in [-0.2, 0) is 10.0 Å². The molecule has 0 aromatic rings. The number of nitrogens with zero attached hydrogens (tertiary/aromatic N) is 1. The summed E-state index contributed by atoms with van der Waals surface area (Å²) in [6.45, 7) is 1.60. The molecule has 0 amide bonds. The first-order valence-electron chi connectivity index (χ1n) is 2.43. The molecule has 0 aliphatic heterocycles. The maximum absolute atomic E-state index is 10.3. The second kappa shape index (κ2) is 2.80. The molecule has 52 valence electrons. The van der Waals surface area contributed by atoms with Crippen molar-refractivity contribution in [1.82, 2.24) is 0 Å². The summed E-state index contributed by atoms with van der Waals surface area (Å²) >= 11 is 0. The molecule has 0 radical (unpaired) electrons. The average Bonchev–Trinajstić information content (AvgIpc) is 1.65. The van der Waals surface area contributed by atoms with Crippen LogP contribution in [-0.4, -0.2) is 13.7 Å². The Labute approximate surface area is 54.3 Å². The predicted octanol–water partition coefficient (Wildman–Crippen LogP) is -0.423. The van der Waals surface area contributed by atoms with E-state index in [0.29, 0.717) is 0 Å². The third kappa shape index (κ3) is 2.44. The van der Waals surface area contributed by atoms with Gasteiger partial charge in [0.15, 0.2) is 5.25 Å². The van der Waals surface area contributed by atoms with Crippen LogP contribution in [0.25, 0.3) is 0 Å². The molecule has 0 bridgehead atoms. The first-order chi connectivity index (χ1) is 4.02.